The van der Waals surface area contributed by atoms with Gasteiger partial charge in [0, 0.05) is 30.8 Å². The molecular formula is C19H16ClFN4S. The lowest BCUT2D eigenvalue weighted by atomic mass is 10.0. The van der Waals surface area contributed by atoms with E-state index in [9.17, 15) is 4.39 Å². The van der Waals surface area contributed by atoms with E-state index in [2.05, 4.69) is 10.3 Å². The molecule has 0 spiro atoms. The van der Waals surface area contributed by atoms with Crippen molar-refractivity contribution in [3.63, 3.8) is 0 Å². The molecule has 0 radical (unpaired) electrons. The molecule has 0 bridgehead atoms. The van der Waals surface area contributed by atoms with Crippen molar-refractivity contribution in [3.05, 3.63) is 83.2 Å². The zero-order chi connectivity index (χ0) is 18.3. The van der Waals surface area contributed by atoms with Gasteiger partial charge in [-0.2, -0.15) is 0 Å². The highest BCUT2D eigenvalue weighted by atomic mass is 35.5. The molecule has 1 saturated heterocycles. The minimum absolute atomic E-state index is 0.0590. The van der Waals surface area contributed by atoms with Crippen LogP contribution in [0.4, 0.5) is 4.39 Å². The first kappa shape index (κ1) is 17.0. The Morgan fingerprint density at radius 1 is 1.19 bits per heavy atom. The fraction of sp³-hybridized carbons (Fsp3) is 0.158. The van der Waals surface area contributed by atoms with Crippen LogP contribution in [0.2, 0.25) is 5.02 Å². The molecule has 1 fully saturated rings. The van der Waals surface area contributed by atoms with Crippen molar-refractivity contribution in [1.29, 1.82) is 0 Å². The Kier molecular flexibility index (Phi) is 4.38. The molecule has 3 aromatic rings. The standard InChI is InChI=1S/C19H16ClFN4S/c1-24-18(17(23-19(24)26)15-5-2-3-9-22-15)16-6-4-10-25(16)12-7-8-14(21)13(20)11-12/h2-11,17-18H,1H3,(H,23,26)/t17-,18+/m1/s1. The zero-order valence-electron chi connectivity index (χ0n) is 13.9. The second-order valence-electron chi connectivity index (χ2n) is 6.14. The Hall–Kier alpha value is -2.44. The van der Waals surface area contributed by atoms with Crippen molar-refractivity contribution in [2.24, 2.45) is 0 Å². The zero-order valence-corrected chi connectivity index (χ0v) is 15.5. The van der Waals surface area contributed by atoms with Crippen LogP contribution in [-0.2, 0) is 0 Å². The van der Waals surface area contributed by atoms with E-state index >= 15 is 0 Å². The van der Waals surface area contributed by atoms with E-state index < -0.39 is 5.82 Å². The van der Waals surface area contributed by atoms with Crippen LogP contribution >= 0.6 is 23.8 Å². The number of nitrogens with zero attached hydrogens (tertiary/aromatic N) is 3. The van der Waals surface area contributed by atoms with E-state index in [0.717, 1.165) is 17.1 Å². The molecule has 132 valence electrons. The number of benzene rings is 1. The van der Waals surface area contributed by atoms with Gasteiger partial charge in [0.25, 0.3) is 0 Å². The van der Waals surface area contributed by atoms with Crippen LogP contribution in [0, 0.1) is 5.82 Å². The van der Waals surface area contributed by atoms with E-state index in [1.54, 1.807) is 18.3 Å². The summed E-state index contributed by atoms with van der Waals surface area (Å²) in [5.74, 6) is -0.434. The molecule has 0 amide bonds. The number of rotatable bonds is 3. The van der Waals surface area contributed by atoms with E-state index in [1.165, 1.54) is 6.07 Å². The molecule has 4 nitrogen and oxygen atoms in total. The second-order valence-corrected chi connectivity index (χ2v) is 6.93. The van der Waals surface area contributed by atoms with Crippen molar-refractivity contribution >= 4 is 28.9 Å². The summed E-state index contributed by atoms with van der Waals surface area (Å²) in [6.07, 6.45) is 3.71. The van der Waals surface area contributed by atoms with Crippen molar-refractivity contribution in [1.82, 2.24) is 19.8 Å². The van der Waals surface area contributed by atoms with Crippen LogP contribution in [0.15, 0.2) is 60.9 Å². The molecule has 4 rings (SSSR count). The van der Waals surface area contributed by atoms with E-state index in [1.807, 2.05) is 53.0 Å². The molecule has 1 N–H and O–H groups in total. The molecule has 3 heterocycles. The summed E-state index contributed by atoms with van der Waals surface area (Å²) in [7, 11) is 1.96. The first-order valence-corrected chi connectivity index (χ1v) is 8.92. The van der Waals surface area contributed by atoms with Gasteiger partial charge in [-0.05, 0) is 54.7 Å². The van der Waals surface area contributed by atoms with Crippen LogP contribution in [0.5, 0.6) is 0 Å². The minimum Gasteiger partial charge on any atom is -0.352 e. The van der Waals surface area contributed by atoms with Gasteiger partial charge in [0.2, 0.25) is 0 Å². The maximum atomic E-state index is 13.6. The molecule has 0 unspecified atom stereocenters. The number of likely N-dealkylation sites (N-methyl/N-ethyl adjacent to an activating group) is 1. The predicted molar refractivity (Wildman–Crippen MR) is 104 cm³/mol. The topological polar surface area (TPSA) is 33.1 Å². The van der Waals surface area contributed by atoms with Gasteiger partial charge in [-0.15, -0.1) is 0 Å². The summed E-state index contributed by atoms with van der Waals surface area (Å²) < 4.78 is 15.6. The number of thiocarbonyl (C=S) groups is 1. The fourth-order valence-electron chi connectivity index (χ4n) is 3.33. The van der Waals surface area contributed by atoms with Crippen molar-refractivity contribution in [3.8, 4) is 5.69 Å². The van der Waals surface area contributed by atoms with E-state index in [4.69, 9.17) is 23.8 Å². The average Bonchev–Trinajstić information content (AvgIpc) is 3.23. The predicted octanol–water partition coefficient (Wildman–Crippen LogP) is 4.27. The molecular weight excluding hydrogens is 371 g/mol. The highest BCUT2D eigenvalue weighted by molar-refractivity contribution is 7.80. The van der Waals surface area contributed by atoms with Gasteiger partial charge in [0.1, 0.15) is 5.82 Å². The molecule has 7 heteroatoms. The van der Waals surface area contributed by atoms with E-state index in [-0.39, 0.29) is 17.1 Å². The molecule has 0 saturated carbocycles. The summed E-state index contributed by atoms with van der Waals surface area (Å²) in [4.78, 5) is 6.51. The third-order valence-electron chi connectivity index (χ3n) is 4.60. The molecule has 2 aromatic heterocycles. The van der Waals surface area contributed by atoms with Gasteiger partial charge < -0.3 is 14.8 Å². The summed E-state index contributed by atoms with van der Waals surface area (Å²) in [6, 6.07) is 14.4. The monoisotopic (exact) mass is 386 g/mol. The van der Waals surface area contributed by atoms with Gasteiger partial charge >= 0.3 is 0 Å². The second kappa shape index (κ2) is 6.70. The molecule has 0 aliphatic carbocycles. The SMILES string of the molecule is CN1C(=S)N[C@H](c2ccccn2)[C@@H]1c1cccn1-c1ccc(F)c(Cl)c1. The van der Waals surface area contributed by atoms with Gasteiger partial charge in [-0.25, -0.2) is 4.39 Å². The van der Waals surface area contributed by atoms with Crippen LogP contribution < -0.4 is 5.32 Å². The first-order valence-electron chi connectivity index (χ1n) is 8.13. The van der Waals surface area contributed by atoms with Crippen molar-refractivity contribution < 1.29 is 4.39 Å². The molecule has 1 aliphatic heterocycles. The number of nitrogens with one attached hydrogen (secondary N) is 1. The highest BCUT2D eigenvalue weighted by Gasteiger charge is 2.39. The molecule has 1 aromatic carbocycles. The molecule has 1 aliphatic rings. The normalized spacial score (nSPS) is 19.7. The van der Waals surface area contributed by atoms with Gasteiger partial charge in [-0.1, -0.05) is 17.7 Å². The average molecular weight is 387 g/mol. The van der Waals surface area contributed by atoms with Crippen molar-refractivity contribution in [2.75, 3.05) is 7.05 Å². The number of pyridine rings is 1. The summed E-state index contributed by atoms with van der Waals surface area (Å²) >= 11 is 11.5. The highest BCUT2D eigenvalue weighted by Crippen LogP contribution is 2.38. The Morgan fingerprint density at radius 3 is 2.77 bits per heavy atom. The lowest BCUT2D eigenvalue weighted by Gasteiger charge is -2.25. The fourth-order valence-corrected chi connectivity index (χ4v) is 3.75. The summed E-state index contributed by atoms with van der Waals surface area (Å²) in [6.45, 7) is 0. The van der Waals surface area contributed by atoms with Crippen LogP contribution in [0.1, 0.15) is 23.5 Å². The third-order valence-corrected chi connectivity index (χ3v) is 5.30. The number of hydrogen-bond donors (Lipinski definition) is 1. The Balaban J connectivity index is 1.80. The Morgan fingerprint density at radius 2 is 2.04 bits per heavy atom. The van der Waals surface area contributed by atoms with Crippen LogP contribution in [-0.4, -0.2) is 26.6 Å². The smallest absolute Gasteiger partial charge is 0.169 e. The maximum absolute atomic E-state index is 13.6. The van der Waals surface area contributed by atoms with Gasteiger partial charge in [-0.3, -0.25) is 4.98 Å². The number of hydrogen-bond acceptors (Lipinski definition) is 2. The van der Waals surface area contributed by atoms with E-state index in [0.29, 0.717) is 5.11 Å². The Labute approximate surface area is 161 Å². The van der Waals surface area contributed by atoms with Crippen LogP contribution in [0.25, 0.3) is 5.69 Å². The lowest BCUT2D eigenvalue weighted by Crippen LogP contribution is -2.25. The minimum atomic E-state index is -0.434. The van der Waals surface area contributed by atoms with Crippen LogP contribution in [0.3, 0.4) is 0 Å². The third kappa shape index (κ3) is 2.85. The largest absolute Gasteiger partial charge is 0.352 e. The number of aromatic nitrogens is 2. The van der Waals surface area contributed by atoms with Gasteiger partial charge in [0.15, 0.2) is 5.11 Å². The maximum Gasteiger partial charge on any atom is 0.169 e. The molecule has 26 heavy (non-hydrogen) atoms. The van der Waals surface area contributed by atoms with Gasteiger partial charge in [0.05, 0.1) is 22.8 Å². The summed E-state index contributed by atoms with van der Waals surface area (Å²) in [5.41, 5.74) is 2.72. The summed E-state index contributed by atoms with van der Waals surface area (Å²) in [5, 5.41) is 4.11. The first-order chi connectivity index (χ1) is 12.6. The Bertz CT molecular complexity index is 959. The van der Waals surface area contributed by atoms with Crippen molar-refractivity contribution in [2.45, 2.75) is 12.1 Å². The quantitative estimate of drug-likeness (QED) is 0.681. The molecule has 2 atom stereocenters. The number of halogens is 2. The lowest BCUT2D eigenvalue weighted by molar-refractivity contribution is 0.357.